The lowest BCUT2D eigenvalue weighted by Crippen LogP contribution is -2.28. The highest BCUT2D eigenvalue weighted by Gasteiger charge is 2.34. The molecule has 1 aliphatic rings. The van der Waals surface area contributed by atoms with E-state index in [4.69, 9.17) is 9.47 Å². The van der Waals surface area contributed by atoms with E-state index in [-0.39, 0.29) is 36.5 Å². The maximum atomic E-state index is 12.8. The van der Waals surface area contributed by atoms with Gasteiger partial charge >= 0.3 is 6.16 Å². The Bertz CT molecular complexity index is 1280. The second-order valence-electron chi connectivity index (χ2n) is 8.49. The van der Waals surface area contributed by atoms with Gasteiger partial charge in [0.05, 0.1) is 12.5 Å². The summed E-state index contributed by atoms with van der Waals surface area (Å²) in [6.07, 6.45) is -0.658. The van der Waals surface area contributed by atoms with Crippen LogP contribution < -0.4 is 15.4 Å². The van der Waals surface area contributed by atoms with Gasteiger partial charge in [0.15, 0.2) is 0 Å². The maximum Gasteiger partial charge on any atom is 0.513 e. The first-order valence-corrected chi connectivity index (χ1v) is 11.9. The Morgan fingerprint density at radius 2 is 1.62 bits per heavy atom. The van der Waals surface area contributed by atoms with E-state index in [9.17, 15) is 19.2 Å². The number of benzene rings is 3. The number of carbonyl (C=O) groups excluding carboxylic acids is 4. The summed E-state index contributed by atoms with van der Waals surface area (Å²) in [6, 6.07) is 22.5. The van der Waals surface area contributed by atoms with Gasteiger partial charge in [-0.25, -0.2) is 4.79 Å². The normalized spacial score (nSPS) is 14.7. The van der Waals surface area contributed by atoms with E-state index in [1.165, 1.54) is 24.3 Å². The fourth-order valence-corrected chi connectivity index (χ4v) is 3.94. The Hall–Kier alpha value is -4.66. The fourth-order valence-electron chi connectivity index (χ4n) is 3.94. The van der Waals surface area contributed by atoms with Crippen molar-refractivity contribution in [1.29, 1.82) is 0 Å². The Balaban J connectivity index is 1.32. The summed E-state index contributed by atoms with van der Waals surface area (Å²) in [5.41, 5.74) is 2.37. The molecule has 190 valence electrons. The van der Waals surface area contributed by atoms with Crippen molar-refractivity contribution in [2.75, 3.05) is 23.8 Å². The fraction of sp³-hybridized carbons (Fsp3) is 0.214. The van der Waals surface area contributed by atoms with Gasteiger partial charge in [-0.1, -0.05) is 36.4 Å². The summed E-state index contributed by atoms with van der Waals surface area (Å²) in [5.74, 6) is -0.866. The molecule has 1 atom stereocenters. The quantitative estimate of drug-likeness (QED) is 0.348. The van der Waals surface area contributed by atoms with E-state index in [1.54, 1.807) is 36.1 Å². The zero-order chi connectivity index (χ0) is 26.2. The number of anilines is 2. The van der Waals surface area contributed by atoms with Gasteiger partial charge in [-0.3, -0.25) is 14.4 Å². The number of carbonyl (C=O) groups is 4. The summed E-state index contributed by atoms with van der Waals surface area (Å²) in [7, 11) is 0. The average Bonchev–Trinajstić information content (AvgIpc) is 3.25. The molecule has 37 heavy (non-hydrogen) atoms. The first-order chi connectivity index (χ1) is 17.9. The molecule has 9 nitrogen and oxygen atoms in total. The summed E-state index contributed by atoms with van der Waals surface area (Å²) >= 11 is 0. The van der Waals surface area contributed by atoms with Gasteiger partial charge in [-0.05, 0) is 55.0 Å². The molecule has 0 radical (unpaired) electrons. The van der Waals surface area contributed by atoms with Crippen molar-refractivity contribution in [1.82, 2.24) is 4.90 Å². The van der Waals surface area contributed by atoms with Gasteiger partial charge in [0.1, 0.15) is 5.75 Å². The van der Waals surface area contributed by atoms with Crippen LogP contribution in [0.25, 0.3) is 0 Å². The van der Waals surface area contributed by atoms with Crippen molar-refractivity contribution in [2.24, 2.45) is 5.92 Å². The molecule has 1 aliphatic heterocycles. The Morgan fingerprint density at radius 1 is 0.919 bits per heavy atom. The molecule has 4 rings (SSSR count). The summed E-state index contributed by atoms with van der Waals surface area (Å²) in [6.45, 7) is 2.70. The van der Waals surface area contributed by atoms with E-state index in [1.807, 2.05) is 30.3 Å². The Labute approximate surface area is 214 Å². The van der Waals surface area contributed by atoms with Gasteiger partial charge in [-0.2, -0.15) is 0 Å². The molecule has 0 aliphatic carbocycles. The molecule has 1 fully saturated rings. The predicted molar refractivity (Wildman–Crippen MR) is 137 cm³/mol. The van der Waals surface area contributed by atoms with Crippen molar-refractivity contribution in [2.45, 2.75) is 19.9 Å². The van der Waals surface area contributed by atoms with Gasteiger partial charge in [0.25, 0.3) is 5.91 Å². The first-order valence-electron chi connectivity index (χ1n) is 11.9. The topological polar surface area (TPSA) is 114 Å². The second-order valence-corrected chi connectivity index (χ2v) is 8.49. The van der Waals surface area contributed by atoms with Crippen molar-refractivity contribution < 1.29 is 28.7 Å². The molecule has 1 heterocycles. The van der Waals surface area contributed by atoms with Crippen LogP contribution in [0.1, 0.15) is 29.3 Å². The van der Waals surface area contributed by atoms with Crippen LogP contribution in [0, 0.1) is 5.92 Å². The zero-order valence-corrected chi connectivity index (χ0v) is 20.3. The van der Waals surface area contributed by atoms with Crippen LogP contribution in [0.3, 0.4) is 0 Å². The lowest BCUT2D eigenvalue weighted by atomic mass is 10.1. The molecular weight excluding hydrogens is 474 g/mol. The molecule has 1 saturated heterocycles. The highest BCUT2D eigenvalue weighted by atomic mass is 16.7. The summed E-state index contributed by atoms with van der Waals surface area (Å²) in [4.78, 5) is 51.0. The standard InChI is InChI=1S/C28H27N3O6/c1-2-36-28(35)37-24-13-11-20(12-14-24)26(33)29-22-9-6-10-23(16-22)30-27(34)21-15-25(32)31(18-21)17-19-7-4-3-5-8-19/h3-14,16,21H,2,15,17-18H2,1H3,(H,29,33)(H,30,34). The van der Waals surface area contributed by atoms with E-state index >= 15 is 0 Å². The van der Waals surface area contributed by atoms with Crippen LogP contribution in [-0.2, 0) is 20.9 Å². The smallest absolute Gasteiger partial charge is 0.434 e. The second kappa shape index (κ2) is 11.9. The van der Waals surface area contributed by atoms with Crippen LogP contribution in [0.4, 0.5) is 16.2 Å². The van der Waals surface area contributed by atoms with Crippen molar-refractivity contribution in [3.05, 3.63) is 90.0 Å². The number of amides is 3. The largest absolute Gasteiger partial charge is 0.513 e. The molecule has 2 N–H and O–H groups in total. The molecule has 1 unspecified atom stereocenters. The number of nitrogens with one attached hydrogen (secondary N) is 2. The first kappa shape index (κ1) is 25.4. The molecular formula is C28H27N3O6. The molecule has 3 aromatic carbocycles. The minimum absolute atomic E-state index is 0.0521. The Kier molecular flexibility index (Phi) is 8.15. The SMILES string of the molecule is CCOC(=O)Oc1ccc(C(=O)Nc2cccc(NC(=O)C3CC(=O)N(Cc4ccccc4)C3)c2)cc1. The molecule has 3 amide bonds. The number of rotatable bonds is 8. The van der Waals surface area contributed by atoms with Crippen LogP contribution in [0.2, 0.25) is 0 Å². The van der Waals surface area contributed by atoms with Crippen molar-refractivity contribution >= 4 is 35.3 Å². The molecule has 3 aromatic rings. The van der Waals surface area contributed by atoms with E-state index in [0.29, 0.717) is 30.0 Å². The Morgan fingerprint density at radius 3 is 2.32 bits per heavy atom. The minimum Gasteiger partial charge on any atom is -0.434 e. The third kappa shape index (κ3) is 6.94. The van der Waals surface area contributed by atoms with Crippen LogP contribution >= 0.6 is 0 Å². The number of hydrogen-bond acceptors (Lipinski definition) is 6. The number of nitrogens with zero attached hydrogens (tertiary/aromatic N) is 1. The molecule has 0 aromatic heterocycles. The highest BCUT2D eigenvalue weighted by molar-refractivity contribution is 6.05. The molecule has 0 spiro atoms. The number of hydrogen-bond donors (Lipinski definition) is 2. The van der Waals surface area contributed by atoms with Gasteiger partial charge in [0.2, 0.25) is 11.8 Å². The van der Waals surface area contributed by atoms with Gasteiger partial charge in [-0.15, -0.1) is 0 Å². The molecule has 0 saturated carbocycles. The monoisotopic (exact) mass is 501 g/mol. The van der Waals surface area contributed by atoms with Gasteiger partial charge in [0, 0.05) is 36.4 Å². The van der Waals surface area contributed by atoms with Crippen LogP contribution in [0.5, 0.6) is 5.75 Å². The van der Waals surface area contributed by atoms with E-state index in [0.717, 1.165) is 5.56 Å². The lowest BCUT2D eigenvalue weighted by molar-refractivity contribution is -0.128. The average molecular weight is 502 g/mol. The van der Waals surface area contributed by atoms with Crippen molar-refractivity contribution in [3.63, 3.8) is 0 Å². The summed E-state index contributed by atoms with van der Waals surface area (Å²) in [5, 5.41) is 5.63. The van der Waals surface area contributed by atoms with Crippen molar-refractivity contribution in [3.8, 4) is 5.75 Å². The molecule has 9 heteroatoms. The van der Waals surface area contributed by atoms with Crippen LogP contribution in [-0.4, -0.2) is 41.9 Å². The van der Waals surface area contributed by atoms with Crippen LogP contribution in [0.15, 0.2) is 78.9 Å². The lowest BCUT2D eigenvalue weighted by Gasteiger charge is -2.17. The molecule has 0 bridgehead atoms. The highest BCUT2D eigenvalue weighted by Crippen LogP contribution is 2.23. The maximum absolute atomic E-state index is 12.8. The minimum atomic E-state index is -0.815. The zero-order valence-electron chi connectivity index (χ0n) is 20.3. The number of likely N-dealkylation sites (tertiary alicyclic amines) is 1. The third-order valence-electron chi connectivity index (χ3n) is 5.77. The summed E-state index contributed by atoms with van der Waals surface area (Å²) < 4.78 is 9.71. The third-order valence-corrected chi connectivity index (χ3v) is 5.77. The predicted octanol–water partition coefficient (Wildman–Crippen LogP) is 4.46. The van der Waals surface area contributed by atoms with E-state index in [2.05, 4.69) is 10.6 Å². The number of ether oxygens (including phenoxy) is 2. The van der Waals surface area contributed by atoms with E-state index < -0.39 is 12.1 Å². The van der Waals surface area contributed by atoms with Gasteiger partial charge < -0.3 is 25.0 Å².